The van der Waals surface area contributed by atoms with Gasteiger partial charge in [-0.15, -0.1) is 0 Å². The Morgan fingerprint density at radius 1 is 1.03 bits per heavy atom. The molecule has 0 radical (unpaired) electrons. The summed E-state index contributed by atoms with van der Waals surface area (Å²) < 4.78 is 18.8. The van der Waals surface area contributed by atoms with Crippen LogP contribution in [0.2, 0.25) is 0 Å². The number of allylic oxidation sites excluding steroid dienone is 1. The van der Waals surface area contributed by atoms with Gasteiger partial charge in [-0.3, -0.25) is 4.79 Å². The van der Waals surface area contributed by atoms with Crippen LogP contribution in [0.4, 0.5) is 0 Å². The smallest absolute Gasteiger partial charge is 0.207 e. The summed E-state index contributed by atoms with van der Waals surface area (Å²) in [5.74, 6) is 0.838. The van der Waals surface area contributed by atoms with Gasteiger partial charge in [-0.25, -0.2) is 0 Å². The first kappa shape index (κ1) is 20.2. The normalized spacial score (nSPS) is 23.7. The monoisotopic (exact) mass is 456 g/mol. The predicted molar refractivity (Wildman–Crippen MR) is 114 cm³/mol. The fraction of sp³-hybridized carbons (Fsp3) is 0.375. The number of fused-ring (bicyclic) bond motifs is 1. The van der Waals surface area contributed by atoms with E-state index in [-0.39, 0.29) is 23.9 Å². The third kappa shape index (κ3) is 4.90. The SMILES string of the molecule is CCc1ccc(OC2=COC3CC(OCc4ccc(Br)cc4)CCC3C2=O)cc1. The van der Waals surface area contributed by atoms with E-state index in [1.165, 1.54) is 11.8 Å². The van der Waals surface area contributed by atoms with Crippen LogP contribution in [-0.2, 0) is 27.3 Å². The number of aryl methyl sites for hydroxylation is 1. The highest BCUT2D eigenvalue weighted by Crippen LogP contribution is 2.35. The average molecular weight is 457 g/mol. The van der Waals surface area contributed by atoms with Crippen molar-refractivity contribution in [2.45, 2.75) is 51.4 Å². The molecular weight excluding hydrogens is 432 g/mol. The lowest BCUT2D eigenvalue weighted by atomic mass is 9.80. The summed E-state index contributed by atoms with van der Waals surface area (Å²) in [6.45, 7) is 2.68. The molecule has 0 bridgehead atoms. The van der Waals surface area contributed by atoms with Crippen molar-refractivity contribution in [3.63, 3.8) is 0 Å². The molecule has 152 valence electrons. The van der Waals surface area contributed by atoms with Crippen LogP contribution in [0.25, 0.3) is 0 Å². The Bertz CT molecular complexity index is 873. The molecule has 3 unspecified atom stereocenters. The standard InChI is InChI=1S/C24H25BrO4/c1-2-16-5-9-19(10-6-16)29-23-15-28-22-13-20(11-12-21(22)24(23)26)27-14-17-3-7-18(25)8-4-17/h3-10,15,20-22H,2,11-14H2,1H3. The van der Waals surface area contributed by atoms with Crippen LogP contribution < -0.4 is 4.74 Å². The Kier molecular flexibility index (Phi) is 6.36. The van der Waals surface area contributed by atoms with Crippen LogP contribution in [0.5, 0.6) is 5.75 Å². The van der Waals surface area contributed by atoms with E-state index in [2.05, 4.69) is 35.0 Å². The maximum Gasteiger partial charge on any atom is 0.207 e. The molecular formula is C24H25BrO4. The van der Waals surface area contributed by atoms with Crippen molar-refractivity contribution in [1.82, 2.24) is 0 Å². The van der Waals surface area contributed by atoms with Crippen molar-refractivity contribution in [1.29, 1.82) is 0 Å². The van der Waals surface area contributed by atoms with Gasteiger partial charge in [0.25, 0.3) is 0 Å². The van der Waals surface area contributed by atoms with Crippen molar-refractivity contribution in [3.8, 4) is 5.75 Å². The summed E-state index contributed by atoms with van der Waals surface area (Å²) in [6.07, 6.45) is 4.75. The third-order valence-electron chi connectivity index (χ3n) is 5.63. The van der Waals surface area contributed by atoms with Crippen LogP contribution >= 0.6 is 15.9 Å². The fourth-order valence-corrected chi connectivity index (χ4v) is 4.14. The van der Waals surface area contributed by atoms with E-state index in [0.29, 0.717) is 18.1 Å². The number of carbonyl (C=O) groups is 1. The highest BCUT2D eigenvalue weighted by molar-refractivity contribution is 9.10. The second-order valence-corrected chi connectivity index (χ2v) is 8.52. The van der Waals surface area contributed by atoms with Gasteiger partial charge in [0.1, 0.15) is 18.1 Å². The van der Waals surface area contributed by atoms with Gasteiger partial charge >= 0.3 is 0 Å². The summed E-state index contributed by atoms with van der Waals surface area (Å²) in [6, 6.07) is 16.0. The molecule has 1 aliphatic heterocycles. The fourth-order valence-electron chi connectivity index (χ4n) is 3.87. The molecule has 1 saturated carbocycles. The molecule has 0 aromatic heterocycles. The molecule has 29 heavy (non-hydrogen) atoms. The number of rotatable bonds is 6. The number of halogens is 1. The molecule has 5 heteroatoms. The molecule has 3 atom stereocenters. The molecule has 1 heterocycles. The Morgan fingerprint density at radius 2 is 1.76 bits per heavy atom. The van der Waals surface area contributed by atoms with E-state index in [4.69, 9.17) is 14.2 Å². The lowest BCUT2D eigenvalue weighted by Gasteiger charge is -2.37. The largest absolute Gasteiger partial charge is 0.493 e. The highest BCUT2D eigenvalue weighted by atomic mass is 79.9. The number of hydrogen-bond donors (Lipinski definition) is 0. The van der Waals surface area contributed by atoms with Crippen molar-refractivity contribution >= 4 is 21.7 Å². The molecule has 4 nitrogen and oxygen atoms in total. The second-order valence-electron chi connectivity index (χ2n) is 7.60. The molecule has 0 saturated heterocycles. The molecule has 2 aliphatic rings. The number of carbonyl (C=O) groups excluding carboxylic acids is 1. The minimum Gasteiger partial charge on any atom is -0.493 e. The molecule has 1 aliphatic carbocycles. The van der Waals surface area contributed by atoms with Crippen molar-refractivity contribution in [2.24, 2.45) is 5.92 Å². The number of benzene rings is 2. The Labute approximate surface area is 180 Å². The molecule has 4 rings (SSSR count). The molecule has 2 aromatic carbocycles. The lowest BCUT2D eigenvalue weighted by Crippen LogP contribution is -2.42. The van der Waals surface area contributed by atoms with Crippen LogP contribution in [0.1, 0.15) is 37.3 Å². The number of hydrogen-bond acceptors (Lipinski definition) is 4. The maximum absolute atomic E-state index is 12.9. The minimum absolute atomic E-state index is 0.0344. The summed E-state index contributed by atoms with van der Waals surface area (Å²) >= 11 is 3.44. The van der Waals surface area contributed by atoms with Gasteiger partial charge < -0.3 is 14.2 Å². The van der Waals surface area contributed by atoms with Gasteiger partial charge in [-0.2, -0.15) is 0 Å². The minimum atomic E-state index is -0.155. The summed E-state index contributed by atoms with van der Waals surface area (Å²) in [7, 11) is 0. The number of ketones is 1. The van der Waals surface area contributed by atoms with Crippen LogP contribution in [0.3, 0.4) is 0 Å². The third-order valence-corrected chi connectivity index (χ3v) is 6.16. The van der Waals surface area contributed by atoms with E-state index in [1.807, 2.05) is 36.4 Å². The maximum atomic E-state index is 12.9. The first-order chi connectivity index (χ1) is 14.1. The number of Topliss-reactive ketones (excluding diaryl/α,β-unsaturated/α-hetero) is 1. The number of ether oxygens (including phenoxy) is 3. The van der Waals surface area contributed by atoms with Crippen molar-refractivity contribution < 1.29 is 19.0 Å². The van der Waals surface area contributed by atoms with E-state index >= 15 is 0 Å². The second kappa shape index (κ2) is 9.14. The lowest BCUT2D eigenvalue weighted by molar-refractivity contribution is -0.134. The zero-order valence-electron chi connectivity index (χ0n) is 16.5. The zero-order chi connectivity index (χ0) is 20.2. The summed E-state index contributed by atoms with van der Waals surface area (Å²) in [5, 5.41) is 0. The van der Waals surface area contributed by atoms with E-state index in [1.54, 1.807) is 0 Å². The van der Waals surface area contributed by atoms with Crippen molar-refractivity contribution in [3.05, 3.63) is 76.2 Å². The molecule has 1 fully saturated rings. The Morgan fingerprint density at radius 3 is 2.48 bits per heavy atom. The predicted octanol–water partition coefficient (Wildman–Crippen LogP) is 5.59. The molecule has 0 spiro atoms. The quantitative estimate of drug-likeness (QED) is 0.568. The zero-order valence-corrected chi connectivity index (χ0v) is 18.1. The van der Waals surface area contributed by atoms with Gasteiger partial charge in [0.2, 0.25) is 11.5 Å². The van der Waals surface area contributed by atoms with Crippen LogP contribution in [0.15, 0.2) is 65.0 Å². The Hall–Kier alpha value is -2.11. The van der Waals surface area contributed by atoms with Gasteiger partial charge in [-0.05, 0) is 54.7 Å². The Balaban J connectivity index is 1.33. The highest BCUT2D eigenvalue weighted by Gasteiger charge is 2.41. The van der Waals surface area contributed by atoms with E-state index in [9.17, 15) is 4.79 Å². The van der Waals surface area contributed by atoms with Crippen molar-refractivity contribution in [2.75, 3.05) is 0 Å². The van der Waals surface area contributed by atoms with Gasteiger partial charge in [0.05, 0.1) is 18.6 Å². The topological polar surface area (TPSA) is 44.8 Å². The molecule has 0 amide bonds. The summed E-state index contributed by atoms with van der Waals surface area (Å²) in [5.41, 5.74) is 2.37. The first-order valence-electron chi connectivity index (χ1n) is 10.1. The average Bonchev–Trinajstić information content (AvgIpc) is 2.76. The van der Waals surface area contributed by atoms with Crippen LogP contribution in [-0.4, -0.2) is 18.0 Å². The van der Waals surface area contributed by atoms with E-state index in [0.717, 1.165) is 35.7 Å². The first-order valence-corrected chi connectivity index (χ1v) is 10.9. The van der Waals surface area contributed by atoms with Gasteiger partial charge in [-0.1, -0.05) is 47.1 Å². The molecule has 0 N–H and O–H groups in total. The van der Waals surface area contributed by atoms with Gasteiger partial charge in [0, 0.05) is 10.9 Å². The van der Waals surface area contributed by atoms with Crippen LogP contribution in [0, 0.1) is 5.92 Å². The van der Waals surface area contributed by atoms with E-state index < -0.39 is 0 Å². The summed E-state index contributed by atoms with van der Waals surface area (Å²) in [4.78, 5) is 12.9. The molecule has 2 aromatic rings. The van der Waals surface area contributed by atoms with Gasteiger partial charge in [0.15, 0.2) is 0 Å².